The molecule has 0 saturated heterocycles. The smallest absolute Gasteiger partial charge is 0.234 e. The molecule has 1 N–H and O–H groups in total. The summed E-state index contributed by atoms with van der Waals surface area (Å²) in [7, 11) is 0. The molecule has 164 valence electrons. The molecule has 31 heavy (non-hydrogen) atoms. The number of carbonyl (C=O) groups is 1. The van der Waals surface area contributed by atoms with Crippen molar-refractivity contribution in [3.63, 3.8) is 0 Å². The van der Waals surface area contributed by atoms with Crippen molar-refractivity contribution in [3.05, 3.63) is 63.9 Å². The standard InChI is InChI=1S/C23H27ClN4O2S/c1-6-28-22(17(5)30-20-11-10-18(24)12-15(20)3)26-27-23(28)31-13-21(29)25-19-9-7-8-14(2)16(19)4/h7-12,17H,6,13H2,1-5H3,(H,25,29). The number of amides is 1. The van der Waals surface area contributed by atoms with Crippen LogP contribution in [-0.4, -0.2) is 26.4 Å². The summed E-state index contributed by atoms with van der Waals surface area (Å²) in [4.78, 5) is 12.5. The van der Waals surface area contributed by atoms with Gasteiger partial charge in [-0.05, 0) is 75.6 Å². The molecule has 0 aliphatic carbocycles. The maximum Gasteiger partial charge on any atom is 0.234 e. The molecule has 2 aromatic carbocycles. The molecule has 0 saturated carbocycles. The average molecular weight is 459 g/mol. The minimum Gasteiger partial charge on any atom is -0.482 e. The van der Waals surface area contributed by atoms with Crippen LogP contribution in [0.3, 0.4) is 0 Å². The number of hydrogen-bond donors (Lipinski definition) is 1. The number of hydrogen-bond acceptors (Lipinski definition) is 5. The average Bonchev–Trinajstić information content (AvgIpc) is 3.15. The van der Waals surface area contributed by atoms with Crippen molar-refractivity contribution in [2.45, 2.75) is 52.4 Å². The van der Waals surface area contributed by atoms with Gasteiger partial charge in [0.1, 0.15) is 5.75 Å². The Morgan fingerprint density at radius 2 is 1.97 bits per heavy atom. The van der Waals surface area contributed by atoms with Crippen LogP contribution in [0.2, 0.25) is 5.02 Å². The van der Waals surface area contributed by atoms with E-state index in [1.54, 1.807) is 6.07 Å². The van der Waals surface area contributed by atoms with Crippen LogP contribution in [0.4, 0.5) is 5.69 Å². The lowest BCUT2D eigenvalue weighted by atomic mass is 10.1. The van der Waals surface area contributed by atoms with Crippen LogP contribution >= 0.6 is 23.4 Å². The van der Waals surface area contributed by atoms with E-state index in [0.717, 1.165) is 28.1 Å². The number of carbonyl (C=O) groups excluding carboxylic acids is 1. The third-order valence-electron chi connectivity index (χ3n) is 5.08. The number of nitrogens with zero attached hydrogens (tertiary/aromatic N) is 3. The van der Waals surface area contributed by atoms with Crippen LogP contribution in [0.5, 0.6) is 5.75 Å². The van der Waals surface area contributed by atoms with Crippen LogP contribution in [0.15, 0.2) is 41.6 Å². The van der Waals surface area contributed by atoms with Gasteiger partial charge in [0.05, 0.1) is 5.75 Å². The number of aryl methyl sites for hydroxylation is 2. The quantitative estimate of drug-likeness (QED) is 0.435. The lowest BCUT2D eigenvalue weighted by Gasteiger charge is -2.17. The number of thioether (sulfide) groups is 1. The third kappa shape index (κ3) is 5.60. The Bertz CT molecular complexity index is 1080. The van der Waals surface area contributed by atoms with E-state index in [1.807, 2.05) is 69.5 Å². The van der Waals surface area contributed by atoms with Gasteiger partial charge in [0.15, 0.2) is 17.1 Å². The highest BCUT2D eigenvalue weighted by Gasteiger charge is 2.20. The molecule has 1 atom stereocenters. The van der Waals surface area contributed by atoms with E-state index in [-0.39, 0.29) is 17.8 Å². The Kier molecular flexibility index (Phi) is 7.62. The van der Waals surface area contributed by atoms with Gasteiger partial charge in [-0.2, -0.15) is 0 Å². The summed E-state index contributed by atoms with van der Waals surface area (Å²) >= 11 is 7.39. The number of aromatic nitrogens is 3. The lowest BCUT2D eigenvalue weighted by Crippen LogP contribution is -2.16. The maximum atomic E-state index is 12.5. The number of nitrogens with one attached hydrogen (secondary N) is 1. The Morgan fingerprint density at radius 3 is 2.68 bits per heavy atom. The number of anilines is 1. The van der Waals surface area contributed by atoms with Gasteiger partial charge in [0.25, 0.3) is 0 Å². The van der Waals surface area contributed by atoms with Crippen LogP contribution < -0.4 is 10.1 Å². The highest BCUT2D eigenvalue weighted by molar-refractivity contribution is 7.99. The van der Waals surface area contributed by atoms with E-state index >= 15 is 0 Å². The zero-order valence-corrected chi connectivity index (χ0v) is 20.0. The van der Waals surface area contributed by atoms with Crippen molar-refractivity contribution in [1.82, 2.24) is 14.8 Å². The van der Waals surface area contributed by atoms with Crippen molar-refractivity contribution in [2.24, 2.45) is 0 Å². The number of benzene rings is 2. The first-order chi connectivity index (χ1) is 14.8. The minimum absolute atomic E-state index is 0.0769. The highest BCUT2D eigenvalue weighted by atomic mass is 35.5. The summed E-state index contributed by atoms with van der Waals surface area (Å²) in [6, 6.07) is 11.4. The van der Waals surface area contributed by atoms with Gasteiger partial charge in [-0.3, -0.25) is 4.79 Å². The number of halogens is 1. The summed E-state index contributed by atoms with van der Waals surface area (Å²) in [6.07, 6.45) is -0.301. The second-order valence-electron chi connectivity index (χ2n) is 7.34. The van der Waals surface area contributed by atoms with Crippen molar-refractivity contribution in [2.75, 3.05) is 11.1 Å². The summed E-state index contributed by atoms with van der Waals surface area (Å²) in [5.41, 5.74) is 4.01. The monoisotopic (exact) mass is 458 g/mol. The maximum absolute atomic E-state index is 12.5. The second kappa shape index (κ2) is 10.2. The molecule has 0 aliphatic rings. The van der Waals surface area contributed by atoms with Gasteiger partial charge < -0.3 is 14.6 Å². The van der Waals surface area contributed by atoms with Gasteiger partial charge >= 0.3 is 0 Å². The molecule has 0 bridgehead atoms. The highest BCUT2D eigenvalue weighted by Crippen LogP contribution is 2.28. The first kappa shape index (κ1) is 23.2. The fourth-order valence-corrected chi connectivity index (χ4v) is 4.23. The fourth-order valence-electron chi connectivity index (χ4n) is 3.20. The molecule has 3 rings (SSSR count). The number of ether oxygens (including phenoxy) is 1. The molecular weight excluding hydrogens is 432 g/mol. The van der Waals surface area contributed by atoms with Crippen LogP contribution in [0.25, 0.3) is 0 Å². The normalized spacial score (nSPS) is 11.9. The SMILES string of the molecule is CCn1c(SCC(=O)Nc2cccc(C)c2C)nnc1C(C)Oc1ccc(Cl)cc1C. The predicted octanol–water partition coefficient (Wildman–Crippen LogP) is 5.75. The molecular formula is C23H27ClN4O2S. The summed E-state index contributed by atoms with van der Waals surface area (Å²) in [5.74, 6) is 1.64. The molecule has 8 heteroatoms. The molecule has 0 aliphatic heterocycles. The van der Waals surface area contributed by atoms with E-state index in [4.69, 9.17) is 16.3 Å². The first-order valence-electron chi connectivity index (χ1n) is 10.1. The van der Waals surface area contributed by atoms with E-state index in [9.17, 15) is 4.79 Å². The Hall–Kier alpha value is -2.51. The van der Waals surface area contributed by atoms with Gasteiger partial charge in [-0.15, -0.1) is 10.2 Å². The zero-order chi connectivity index (χ0) is 22.5. The molecule has 1 amide bonds. The number of rotatable bonds is 8. The first-order valence-corrected chi connectivity index (χ1v) is 11.5. The van der Waals surface area contributed by atoms with Crippen LogP contribution in [-0.2, 0) is 11.3 Å². The van der Waals surface area contributed by atoms with E-state index in [2.05, 4.69) is 15.5 Å². The lowest BCUT2D eigenvalue weighted by molar-refractivity contribution is -0.113. The zero-order valence-electron chi connectivity index (χ0n) is 18.4. The van der Waals surface area contributed by atoms with Gasteiger partial charge in [0, 0.05) is 17.3 Å². The molecule has 1 heterocycles. The topological polar surface area (TPSA) is 69.0 Å². The van der Waals surface area contributed by atoms with E-state index in [1.165, 1.54) is 11.8 Å². The Balaban J connectivity index is 1.66. The summed E-state index contributed by atoms with van der Waals surface area (Å²) in [6.45, 7) is 10.6. The Morgan fingerprint density at radius 1 is 1.19 bits per heavy atom. The van der Waals surface area contributed by atoms with Crippen molar-refractivity contribution >= 4 is 35.0 Å². The summed E-state index contributed by atoms with van der Waals surface area (Å²) in [5, 5.41) is 13.0. The minimum atomic E-state index is -0.301. The van der Waals surface area contributed by atoms with E-state index < -0.39 is 0 Å². The molecule has 0 radical (unpaired) electrons. The van der Waals surface area contributed by atoms with Crippen LogP contribution in [0, 0.1) is 20.8 Å². The van der Waals surface area contributed by atoms with E-state index in [0.29, 0.717) is 22.5 Å². The van der Waals surface area contributed by atoms with Crippen molar-refractivity contribution < 1.29 is 9.53 Å². The Labute approximate surface area is 192 Å². The van der Waals surface area contributed by atoms with Crippen molar-refractivity contribution in [1.29, 1.82) is 0 Å². The molecule has 0 spiro atoms. The van der Waals surface area contributed by atoms with Gasteiger partial charge in [-0.1, -0.05) is 35.5 Å². The van der Waals surface area contributed by atoms with Crippen LogP contribution in [0.1, 0.15) is 42.5 Å². The summed E-state index contributed by atoms with van der Waals surface area (Å²) < 4.78 is 8.08. The van der Waals surface area contributed by atoms with Crippen molar-refractivity contribution in [3.8, 4) is 5.75 Å². The molecule has 6 nitrogen and oxygen atoms in total. The fraction of sp³-hybridized carbons (Fsp3) is 0.348. The molecule has 1 aromatic heterocycles. The third-order valence-corrected chi connectivity index (χ3v) is 6.28. The predicted molar refractivity (Wildman–Crippen MR) is 126 cm³/mol. The van der Waals surface area contributed by atoms with Gasteiger partial charge in [-0.25, -0.2) is 0 Å². The molecule has 1 unspecified atom stereocenters. The molecule has 0 fully saturated rings. The molecule has 3 aromatic rings. The largest absolute Gasteiger partial charge is 0.482 e. The van der Waals surface area contributed by atoms with Gasteiger partial charge in [0.2, 0.25) is 5.91 Å². The second-order valence-corrected chi connectivity index (χ2v) is 8.72.